The molecule has 0 unspecified atom stereocenters. The van der Waals surface area contributed by atoms with E-state index in [1.807, 2.05) is 30.3 Å². The normalized spacial score (nSPS) is 11.7. The molecule has 20 heavy (non-hydrogen) atoms. The number of nitrogens with one attached hydrogen (secondary N) is 1. The molecule has 1 atom stereocenters. The van der Waals surface area contributed by atoms with Crippen LogP contribution in [0.15, 0.2) is 30.3 Å². The highest BCUT2D eigenvalue weighted by Gasteiger charge is 2.12. The molecular formula is C14H21N3O3. The van der Waals surface area contributed by atoms with Crippen LogP contribution in [0.2, 0.25) is 0 Å². The Morgan fingerprint density at radius 2 is 2.05 bits per heavy atom. The second-order valence-corrected chi connectivity index (χ2v) is 4.53. The van der Waals surface area contributed by atoms with Gasteiger partial charge in [-0.2, -0.15) is 5.06 Å². The number of carbonyl (C=O) groups is 1. The smallest absolute Gasteiger partial charge is 0.320 e. The highest BCUT2D eigenvalue weighted by Crippen LogP contribution is 2.12. The van der Waals surface area contributed by atoms with Gasteiger partial charge < -0.3 is 15.7 Å². The van der Waals surface area contributed by atoms with E-state index < -0.39 is 12.0 Å². The van der Waals surface area contributed by atoms with Crippen LogP contribution < -0.4 is 10.6 Å². The maximum Gasteiger partial charge on any atom is 0.320 e. The van der Waals surface area contributed by atoms with Crippen LogP contribution in [-0.4, -0.2) is 34.6 Å². The molecule has 1 aromatic rings. The van der Waals surface area contributed by atoms with Crippen LogP contribution in [0.5, 0.6) is 5.75 Å². The Morgan fingerprint density at radius 1 is 1.40 bits per heavy atom. The first-order chi connectivity index (χ1) is 9.50. The molecule has 1 rings (SSSR count). The summed E-state index contributed by atoms with van der Waals surface area (Å²) in [6, 6.07) is 8.42. The first-order valence-electron chi connectivity index (χ1n) is 6.55. The van der Waals surface area contributed by atoms with Crippen LogP contribution in [-0.2, 0) is 4.79 Å². The zero-order valence-electron chi connectivity index (χ0n) is 11.6. The van der Waals surface area contributed by atoms with Gasteiger partial charge in [0, 0.05) is 0 Å². The number of aliphatic carboxylic acids is 1. The van der Waals surface area contributed by atoms with Crippen molar-refractivity contribution < 1.29 is 14.7 Å². The van der Waals surface area contributed by atoms with E-state index in [4.69, 9.17) is 21.1 Å². The highest BCUT2D eigenvalue weighted by molar-refractivity contribution is 5.75. The number of nitrogens with two attached hydrogens (primary N) is 1. The Kier molecular flexibility index (Phi) is 6.52. The molecule has 110 valence electrons. The summed E-state index contributed by atoms with van der Waals surface area (Å²) in [4.78, 5) is 16.2. The number of benzene rings is 1. The van der Waals surface area contributed by atoms with Crippen molar-refractivity contribution in [3.05, 3.63) is 30.3 Å². The Balaban J connectivity index is 2.37. The summed E-state index contributed by atoms with van der Waals surface area (Å²) in [5.74, 6) is -0.0108. The van der Waals surface area contributed by atoms with E-state index in [0.717, 1.165) is 0 Å². The number of nitrogens with zero attached hydrogens (tertiary/aromatic N) is 1. The number of hydroxylamine groups is 2. The molecule has 0 heterocycles. The minimum absolute atomic E-state index is 0.302. The Morgan fingerprint density at radius 3 is 2.60 bits per heavy atom. The van der Waals surface area contributed by atoms with Gasteiger partial charge in [0.1, 0.15) is 11.9 Å². The number of hydrogen-bond donors (Lipinski definition) is 3. The van der Waals surface area contributed by atoms with Gasteiger partial charge in [-0.15, -0.1) is 0 Å². The van der Waals surface area contributed by atoms with Crippen LogP contribution in [0.4, 0.5) is 0 Å². The predicted octanol–water partition coefficient (Wildman–Crippen LogP) is 1.86. The summed E-state index contributed by atoms with van der Waals surface area (Å²) >= 11 is 0. The first kappa shape index (κ1) is 16.0. The van der Waals surface area contributed by atoms with Crippen LogP contribution in [0, 0.1) is 5.41 Å². The zero-order valence-corrected chi connectivity index (χ0v) is 11.6. The van der Waals surface area contributed by atoms with Crippen molar-refractivity contribution in [2.45, 2.75) is 32.2 Å². The molecule has 0 radical (unpaired) electrons. The molecule has 0 fully saturated rings. The molecule has 6 heteroatoms. The molecule has 4 N–H and O–H groups in total. The maximum atomic E-state index is 10.6. The van der Waals surface area contributed by atoms with E-state index in [9.17, 15) is 4.79 Å². The molecule has 0 aliphatic carbocycles. The van der Waals surface area contributed by atoms with E-state index in [0.29, 0.717) is 37.4 Å². The van der Waals surface area contributed by atoms with Crippen LogP contribution in [0.25, 0.3) is 0 Å². The predicted molar refractivity (Wildman–Crippen MR) is 76.6 cm³/mol. The third-order valence-corrected chi connectivity index (χ3v) is 2.78. The summed E-state index contributed by atoms with van der Waals surface area (Å²) in [6.45, 7) is 2.17. The van der Waals surface area contributed by atoms with Gasteiger partial charge in [-0.3, -0.25) is 10.2 Å². The lowest BCUT2D eigenvalue weighted by molar-refractivity contribution is -0.138. The monoisotopic (exact) mass is 279 g/mol. The van der Waals surface area contributed by atoms with Crippen molar-refractivity contribution in [2.24, 2.45) is 5.73 Å². The number of rotatable bonds is 8. The van der Waals surface area contributed by atoms with E-state index in [-0.39, 0.29) is 0 Å². The van der Waals surface area contributed by atoms with Gasteiger partial charge in [-0.05, 0) is 38.3 Å². The third-order valence-electron chi connectivity index (χ3n) is 2.78. The Hall–Kier alpha value is -2.08. The number of para-hydroxylation sites is 1. The maximum absolute atomic E-state index is 10.6. The number of unbranched alkanes of at least 4 members (excludes halogenated alkanes) is 1. The van der Waals surface area contributed by atoms with Crippen LogP contribution >= 0.6 is 0 Å². The van der Waals surface area contributed by atoms with Gasteiger partial charge >= 0.3 is 5.97 Å². The summed E-state index contributed by atoms with van der Waals surface area (Å²) in [5.41, 5.74) is 5.43. The third kappa shape index (κ3) is 5.71. The van der Waals surface area contributed by atoms with Crippen molar-refractivity contribution in [3.8, 4) is 5.75 Å². The lowest BCUT2D eigenvalue weighted by atomic mass is 10.1. The molecule has 0 aliphatic heterocycles. The lowest BCUT2D eigenvalue weighted by Gasteiger charge is -2.23. The number of hydrogen-bond acceptors (Lipinski definition) is 4. The van der Waals surface area contributed by atoms with E-state index in [1.165, 1.54) is 5.06 Å². The molecule has 6 nitrogen and oxygen atoms in total. The fourth-order valence-electron chi connectivity index (χ4n) is 1.63. The SMILES string of the molecule is CC(=N)N(CCCC[C@H](N)C(=O)O)Oc1ccccc1. The fraction of sp³-hybridized carbons (Fsp3) is 0.429. The van der Waals surface area contributed by atoms with Gasteiger partial charge in [0.15, 0.2) is 5.75 Å². The number of carboxylic acid groups (broad SMARTS) is 1. The quantitative estimate of drug-likeness (QED) is 0.292. The molecule has 1 aromatic carbocycles. The minimum atomic E-state index is -0.981. The molecule has 0 saturated carbocycles. The lowest BCUT2D eigenvalue weighted by Crippen LogP contribution is -2.33. The number of carboxylic acids is 1. The average molecular weight is 279 g/mol. The topological polar surface area (TPSA) is 99.6 Å². The summed E-state index contributed by atoms with van der Waals surface area (Å²) in [7, 11) is 0. The summed E-state index contributed by atoms with van der Waals surface area (Å²) < 4.78 is 0. The largest absolute Gasteiger partial charge is 0.480 e. The average Bonchev–Trinajstić information content (AvgIpc) is 2.42. The summed E-state index contributed by atoms with van der Waals surface area (Å²) in [6.07, 6.45) is 1.81. The first-order valence-corrected chi connectivity index (χ1v) is 6.55. The van der Waals surface area contributed by atoms with E-state index in [1.54, 1.807) is 6.92 Å². The highest BCUT2D eigenvalue weighted by atomic mass is 16.7. The molecule has 0 aromatic heterocycles. The molecular weight excluding hydrogens is 258 g/mol. The minimum Gasteiger partial charge on any atom is -0.480 e. The van der Waals surface area contributed by atoms with Crippen LogP contribution in [0.3, 0.4) is 0 Å². The summed E-state index contributed by atoms with van der Waals surface area (Å²) in [5, 5.41) is 17.8. The molecule has 0 aliphatic rings. The number of amidine groups is 1. The molecule has 0 spiro atoms. The van der Waals surface area contributed by atoms with Crippen molar-refractivity contribution in [1.82, 2.24) is 5.06 Å². The van der Waals surface area contributed by atoms with Crippen molar-refractivity contribution >= 4 is 11.8 Å². The van der Waals surface area contributed by atoms with Crippen LogP contribution in [0.1, 0.15) is 26.2 Å². The van der Waals surface area contributed by atoms with Gasteiger partial charge in [-0.1, -0.05) is 18.2 Å². The zero-order chi connectivity index (χ0) is 15.0. The van der Waals surface area contributed by atoms with Gasteiger partial charge in [0.05, 0.1) is 6.54 Å². The Labute approximate surface area is 118 Å². The van der Waals surface area contributed by atoms with Crippen molar-refractivity contribution in [3.63, 3.8) is 0 Å². The van der Waals surface area contributed by atoms with E-state index in [2.05, 4.69) is 0 Å². The second kappa shape index (κ2) is 8.16. The van der Waals surface area contributed by atoms with Gasteiger partial charge in [0.25, 0.3) is 0 Å². The van der Waals surface area contributed by atoms with Crippen molar-refractivity contribution in [2.75, 3.05) is 6.54 Å². The molecule has 0 amide bonds. The Bertz CT molecular complexity index is 437. The molecule has 0 saturated heterocycles. The van der Waals surface area contributed by atoms with Gasteiger partial charge in [0.2, 0.25) is 0 Å². The van der Waals surface area contributed by atoms with E-state index >= 15 is 0 Å². The molecule has 0 bridgehead atoms. The standard InChI is InChI=1S/C14H21N3O3/c1-11(15)17(20-12-7-3-2-4-8-12)10-6-5-9-13(16)14(18)19/h2-4,7-8,13,15H,5-6,9-10,16H2,1H3,(H,18,19)/t13-/m0/s1. The fourth-order valence-corrected chi connectivity index (χ4v) is 1.63. The van der Waals surface area contributed by atoms with Gasteiger partial charge in [-0.25, -0.2) is 0 Å². The van der Waals surface area contributed by atoms with Crippen molar-refractivity contribution in [1.29, 1.82) is 5.41 Å². The second-order valence-electron chi connectivity index (χ2n) is 4.53.